The van der Waals surface area contributed by atoms with Crippen LogP contribution in [0.5, 0.6) is 0 Å². The molecule has 4 aromatic carbocycles. The molecular formula is C29H23N3O2. The summed E-state index contributed by atoms with van der Waals surface area (Å²) in [5.74, 6) is 0.381. The summed E-state index contributed by atoms with van der Waals surface area (Å²) in [6.45, 7) is 2.13. The molecule has 5 aromatic rings. The average molecular weight is 446 g/mol. The van der Waals surface area contributed by atoms with Crippen LogP contribution in [0.3, 0.4) is 0 Å². The number of para-hydroxylation sites is 2. The Labute approximate surface area is 197 Å². The van der Waals surface area contributed by atoms with Gasteiger partial charge in [0, 0.05) is 5.70 Å². The summed E-state index contributed by atoms with van der Waals surface area (Å²) in [5, 5.41) is 5.63. The highest BCUT2D eigenvalue weighted by Crippen LogP contribution is 2.40. The van der Waals surface area contributed by atoms with E-state index < -0.39 is 0 Å². The molecule has 0 saturated carbocycles. The predicted octanol–water partition coefficient (Wildman–Crippen LogP) is 6.22. The zero-order valence-electron chi connectivity index (χ0n) is 18.7. The number of aromatic nitrogens is 2. The van der Waals surface area contributed by atoms with Gasteiger partial charge >= 0.3 is 5.97 Å². The molecule has 0 aliphatic carbocycles. The van der Waals surface area contributed by atoms with Gasteiger partial charge in [0.1, 0.15) is 6.61 Å². The van der Waals surface area contributed by atoms with Crippen LogP contribution < -0.4 is 5.32 Å². The number of carbonyl (C=O) groups excluding carboxylic acids is 1. The summed E-state index contributed by atoms with van der Waals surface area (Å²) < 4.78 is 7.91. The molecule has 0 amide bonds. The van der Waals surface area contributed by atoms with Gasteiger partial charge in [-0.3, -0.25) is 4.57 Å². The molecule has 5 heteroatoms. The van der Waals surface area contributed by atoms with Crippen molar-refractivity contribution in [3.8, 4) is 0 Å². The second kappa shape index (κ2) is 8.19. The summed E-state index contributed by atoms with van der Waals surface area (Å²) in [5.41, 5.74) is 5.14. The maximum Gasteiger partial charge on any atom is 0.338 e. The molecule has 1 aliphatic rings. The number of fused-ring (bicyclic) bond motifs is 4. The van der Waals surface area contributed by atoms with E-state index in [-0.39, 0.29) is 18.6 Å². The van der Waals surface area contributed by atoms with Gasteiger partial charge in [-0.05, 0) is 47.0 Å². The highest BCUT2D eigenvalue weighted by Gasteiger charge is 2.35. The third-order valence-electron chi connectivity index (χ3n) is 6.35. The summed E-state index contributed by atoms with van der Waals surface area (Å²) in [6.07, 6.45) is 0. The molecule has 34 heavy (non-hydrogen) atoms. The number of rotatable bonds is 4. The first kappa shape index (κ1) is 20.2. The Morgan fingerprint density at radius 3 is 2.50 bits per heavy atom. The summed E-state index contributed by atoms with van der Waals surface area (Å²) >= 11 is 0. The zero-order chi connectivity index (χ0) is 23.1. The number of imidazole rings is 1. The molecule has 166 valence electrons. The Kier molecular flexibility index (Phi) is 4.88. The number of esters is 1. The van der Waals surface area contributed by atoms with E-state index in [1.54, 1.807) is 0 Å². The summed E-state index contributed by atoms with van der Waals surface area (Å²) in [4.78, 5) is 18.3. The smallest absolute Gasteiger partial charge is 0.338 e. The molecular weight excluding hydrogens is 422 g/mol. The van der Waals surface area contributed by atoms with Crippen LogP contribution in [-0.2, 0) is 16.1 Å². The second-order valence-corrected chi connectivity index (χ2v) is 8.53. The Balaban J connectivity index is 1.49. The molecule has 0 fully saturated rings. The van der Waals surface area contributed by atoms with Crippen molar-refractivity contribution in [1.29, 1.82) is 0 Å². The molecule has 1 atom stereocenters. The van der Waals surface area contributed by atoms with E-state index >= 15 is 0 Å². The fraction of sp³-hybridized carbons (Fsp3) is 0.103. The van der Waals surface area contributed by atoms with Crippen LogP contribution in [0.25, 0.3) is 21.8 Å². The summed E-state index contributed by atoms with van der Waals surface area (Å²) in [6, 6.07) is 32.0. The highest BCUT2D eigenvalue weighted by molar-refractivity contribution is 5.94. The maximum absolute atomic E-state index is 13.5. The third kappa shape index (κ3) is 3.42. The van der Waals surface area contributed by atoms with Gasteiger partial charge in [0.2, 0.25) is 5.95 Å². The first-order valence-corrected chi connectivity index (χ1v) is 11.3. The number of nitrogens with zero attached hydrogens (tertiary/aromatic N) is 2. The molecule has 0 spiro atoms. The molecule has 5 nitrogen and oxygen atoms in total. The van der Waals surface area contributed by atoms with Crippen molar-refractivity contribution in [2.75, 3.05) is 5.32 Å². The topological polar surface area (TPSA) is 56.2 Å². The monoisotopic (exact) mass is 445 g/mol. The Bertz CT molecular complexity index is 1570. The summed E-state index contributed by atoms with van der Waals surface area (Å²) in [7, 11) is 0. The Hall–Kier alpha value is -4.38. The van der Waals surface area contributed by atoms with E-state index in [4.69, 9.17) is 9.72 Å². The van der Waals surface area contributed by atoms with Gasteiger partial charge in [-0.2, -0.15) is 0 Å². The van der Waals surface area contributed by atoms with E-state index in [1.807, 2.05) is 73.7 Å². The molecule has 6 rings (SSSR count). The number of nitrogens with one attached hydrogen (secondary N) is 1. The van der Waals surface area contributed by atoms with Crippen LogP contribution in [0.2, 0.25) is 0 Å². The van der Waals surface area contributed by atoms with E-state index in [2.05, 4.69) is 40.2 Å². The van der Waals surface area contributed by atoms with E-state index in [9.17, 15) is 4.79 Å². The van der Waals surface area contributed by atoms with Crippen LogP contribution in [0.15, 0.2) is 108 Å². The standard InChI is InChI=1S/C29H23N3O2/c1-19-26(28(33)34-18-20-9-3-2-4-10-20)27(23-16-15-21-11-5-6-12-22(21)17-23)32-25-14-8-7-13-24(25)31-29(32)30-19/h2-17,27H,18H2,1H3,(H,30,31). The van der Waals surface area contributed by atoms with Gasteiger partial charge in [0.05, 0.1) is 22.6 Å². The molecule has 1 aliphatic heterocycles. The Morgan fingerprint density at radius 1 is 0.912 bits per heavy atom. The minimum absolute atomic E-state index is 0.221. The van der Waals surface area contributed by atoms with Crippen LogP contribution in [0.4, 0.5) is 5.95 Å². The number of hydrogen-bond donors (Lipinski definition) is 1. The first-order valence-electron chi connectivity index (χ1n) is 11.3. The van der Waals surface area contributed by atoms with Gasteiger partial charge in [-0.1, -0.05) is 78.9 Å². The largest absolute Gasteiger partial charge is 0.457 e. The number of ether oxygens (including phenoxy) is 1. The molecule has 0 saturated heterocycles. The van der Waals surface area contributed by atoms with Gasteiger partial charge in [0.25, 0.3) is 0 Å². The van der Waals surface area contributed by atoms with Crippen LogP contribution in [0, 0.1) is 0 Å². The van der Waals surface area contributed by atoms with Gasteiger partial charge < -0.3 is 10.1 Å². The van der Waals surface area contributed by atoms with Gasteiger partial charge in [0.15, 0.2) is 0 Å². The normalized spacial score (nSPS) is 15.3. The van der Waals surface area contributed by atoms with Crippen molar-refractivity contribution in [2.24, 2.45) is 0 Å². The van der Waals surface area contributed by atoms with E-state index in [0.717, 1.165) is 44.6 Å². The lowest BCUT2D eigenvalue weighted by Gasteiger charge is -2.30. The Morgan fingerprint density at radius 2 is 1.65 bits per heavy atom. The maximum atomic E-state index is 13.5. The molecule has 0 bridgehead atoms. The molecule has 1 aromatic heterocycles. The number of anilines is 1. The number of benzene rings is 4. The number of hydrogen-bond acceptors (Lipinski definition) is 4. The molecule has 1 unspecified atom stereocenters. The van der Waals surface area contributed by atoms with Crippen LogP contribution in [0.1, 0.15) is 24.1 Å². The van der Waals surface area contributed by atoms with Crippen molar-refractivity contribution in [1.82, 2.24) is 9.55 Å². The van der Waals surface area contributed by atoms with Gasteiger partial charge in [-0.25, -0.2) is 9.78 Å². The lowest BCUT2D eigenvalue weighted by molar-refractivity contribution is -0.140. The fourth-order valence-corrected chi connectivity index (χ4v) is 4.72. The fourth-order valence-electron chi connectivity index (χ4n) is 4.72. The van der Waals surface area contributed by atoms with E-state index in [0.29, 0.717) is 5.57 Å². The minimum atomic E-state index is -0.364. The lowest BCUT2D eigenvalue weighted by Crippen LogP contribution is -2.29. The van der Waals surface area contributed by atoms with Crippen LogP contribution >= 0.6 is 0 Å². The molecule has 2 heterocycles. The zero-order valence-corrected chi connectivity index (χ0v) is 18.7. The van der Waals surface area contributed by atoms with Crippen molar-refractivity contribution in [2.45, 2.75) is 19.6 Å². The SMILES string of the molecule is CC1=C(C(=O)OCc2ccccc2)C(c2ccc3ccccc3c2)n2c(nc3ccccc32)N1. The van der Waals surface area contributed by atoms with E-state index in [1.165, 1.54) is 0 Å². The van der Waals surface area contributed by atoms with Crippen molar-refractivity contribution >= 4 is 33.7 Å². The molecule has 0 radical (unpaired) electrons. The number of allylic oxidation sites excluding steroid dienone is 1. The quantitative estimate of drug-likeness (QED) is 0.334. The molecule has 1 N–H and O–H groups in total. The average Bonchev–Trinajstić information content (AvgIpc) is 3.24. The second-order valence-electron chi connectivity index (χ2n) is 8.53. The number of carbonyl (C=O) groups is 1. The third-order valence-corrected chi connectivity index (χ3v) is 6.35. The minimum Gasteiger partial charge on any atom is -0.457 e. The lowest BCUT2D eigenvalue weighted by atomic mass is 9.93. The predicted molar refractivity (Wildman–Crippen MR) is 134 cm³/mol. The van der Waals surface area contributed by atoms with Crippen molar-refractivity contribution in [3.05, 3.63) is 119 Å². The van der Waals surface area contributed by atoms with Crippen LogP contribution in [-0.4, -0.2) is 15.5 Å². The highest BCUT2D eigenvalue weighted by atomic mass is 16.5. The van der Waals surface area contributed by atoms with Gasteiger partial charge in [-0.15, -0.1) is 0 Å². The first-order chi connectivity index (χ1) is 16.7. The van der Waals surface area contributed by atoms with Crippen molar-refractivity contribution in [3.63, 3.8) is 0 Å². The van der Waals surface area contributed by atoms with Crippen molar-refractivity contribution < 1.29 is 9.53 Å².